The summed E-state index contributed by atoms with van der Waals surface area (Å²) >= 11 is 0. The van der Waals surface area contributed by atoms with Crippen molar-refractivity contribution in [3.8, 4) is 11.3 Å². The van der Waals surface area contributed by atoms with Crippen LogP contribution in [-0.2, 0) is 6.54 Å². The van der Waals surface area contributed by atoms with Gasteiger partial charge < -0.3 is 5.73 Å². The third kappa shape index (κ3) is 2.26. The van der Waals surface area contributed by atoms with E-state index < -0.39 is 0 Å². The van der Waals surface area contributed by atoms with Gasteiger partial charge in [-0.1, -0.05) is 17.7 Å². The smallest absolute Gasteiger partial charge is 0.264 e. The minimum Gasteiger partial charge on any atom is -0.326 e. The van der Waals surface area contributed by atoms with Crippen LogP contribution in [0.5, 0.6) is 0 Å². The molecule has 88 valence electrons. The minimum absolute atomic E-state index is 0.223. The molecule has 1 aromatic heterocycles. The van der Waals surface area contributed by atoms with Crippen molar-refractivity contribution >= 4 is 0 Å². The Labute approximate surface area is 99.5 Å². The summed E-state index contributed by atoms with van der Waals surface area (Å²) in [7, 11) is 0. The first-order chi connectivity index (χ1) is 8.11. The van der Waals surface area contributed by atoms with Gasteiger partial charge in [0.2, 0.25) is 0 Å². The van der Waals surface area contributed by atoms with Gasteiger partial charge in [-0.2, -0.15) is 5.10 Å². The largest absolute Gasteiger partial charge is 0.326 e. The third-order valence-corrected chi connectivity index (χ3v) is 2.76. The number of aryl methyl sites for hydroxylation is 2. The summed E-state index contributed by atoms with van der Waals surface area (Å²) in [5.74, 6) is 0. The van der Waals surface area contributed by atoms with E-state index in [1.165, 1.54) is 6.07 Å². The van der Waals surface area contributed by atoms with Gasteiger partial charge >= 0.3 is 0 Å². The highest BCUT2D eigenvalue weighted by atomic mass is 16.1. The topological polar surface area (TPSA) is 71.8 Å². The highest BCUT2D eigenvalue weighted by Crippen LogP contribution is 2.24. The van der Waals surface area contributed by atoms with Gasteiger partial charge in [0.15, 0.2) is 0 Å². The summed E-state index contributed by atoms with van der Waals surface area (Å²) in [5.41, 5.74) is 10.2. The second-order valence-corrected chi connectivity index (χ2v) is 4.13. The standard InChI is InChI=1S/C13H15N3O/c1-8-3-4-9(2)11(5-8)13-10(7-14)6-12(17)15-16-13/h3-6H,7,14H2,1-2H3,(H,15,17). The van der Waals surface area contributed by atoms with E-state index in [0.717, 1.165) is 27.9 Å². The van der Waals surface area contributed by atoms with Crippen LogP contribution in [0.15, 0.2) is 29.1 Å². The summed E-state index contributed by atoms with van der Waals surface area (Å²) < 4.78 is 0. The fourth-order valence-electron chi connectivity index (χ4n) is 1.82. The van der Waals surface area contributed by atoms with Gasteiger partial charge in [0.25, 0.3) is 5.56 Å². The molecule has 0 amide bonds. The summed E-state index contributed by atoms with van der Waals surface area (Å²) in [4.78, 5) is 11.2. The first kappa shape index (κ1) is 11.5. The molecule has 1 aromatic carbocycles. The number of nitrogens with zero attached hydrogens (tertiary/aromatic N) is 1. The molecule has 0 aliphatic heterocycles. The molecule has 0 unspecified atom stereocenters. The first-order valence-corrected chi connectivity index (χ1v) is 5.48. The monoisotopic (exact) mass is 229 g/mol. The van der Waals surface area contributed by atoms with Crippen LogP contribution in [0.1, 0.15) is 16.7 Å². The van der Waals surface area contributed by atoms with Crippen LogP contribution < -0.4 is 11.3 Å². The van der Waals surface area contributed by atoms with Gasteiger partial charge in [0.05, 0.1) is 5.69 Å². The highest BCUT2D eigenvalue weighted by molar-refractivity contribution is 5.66. The number of aromatic nitrogens is 2. The number of hydrogen-bond acceptors (Lipinski definition) is 3. The van der Waals surface area contributed by atoms with Crippen molar-refractivity contribution in [1.29, 1.82) is 0 Å². The van der Waals surface area contributed by atoms with Crippen LogP contribution in [0.3, 0.4) is 0 Å². The molecule has 4 nitrogen and oxygen atoms in total. The zero-order valence-electron chi connectivity index (χ0n) is 9.95. The van der Waals surface area contributed by atoms with Crippen molar-refractivity contribution in [2.24, 2.45) is 5.73 Å². The van der Waals surface area contributed by atoms with E-state index in [1.54, 1.807) is 0 Å². The lowest BCUT2D eigenvalue weighted by Gasteiger charge is -2.09. The Balaban J connectivity index is 2.67. The molecule has 0 saturated carbocycles. The molecule has 2 rings (SSSR count). The summed E-state index contributed by atoms with van der Waals surface area (Å²) in [6.45, 7) is 4.35. The maximum atomic E-state index is 11.2. The van der Waals surface area contributed by atoms with Gasteiger partial charge in [0, 0.05) is 18.2 Å². The van der Waals surface area contributed by atoms with E-state index in [-0.39, 0.29) is 5.56 Å². The molecule has 0 saturated heterocycles. The molecule has 3 N–H and O–H groups in total. The molecule has 1 heterocycles. The number of nitrogens with one attached hydrogen (secondary N) is 1. The third-order valence-electron chi connectivity index (χ3n) is 2.76. The van der Waals surface area contributed by atoms with Gasteiger partial charge in [-0.25, -0.2) is 5.10 Å². The lowest BCUT2D eigenvalue weighted by atomic mass is 9.99. The Bertz CT molecular complexity index is 602. The minimum atomic E-state index is -0.223. The van der Waals surface area contributed by atoms with E-state index in [0.29, 0.717) is 6.54 Å². The molecule has 0 aliphatic rings. The predicted octanol–water partition coefficient (Wildman–Crippen LogP) is 1.51. The Hall–Kier alpha value is -1.94. The molecular weight excluding hydrogens is 214 g/mol. The van der Waals surface area contributed by atoms with Crippen LogP contribution >= 0.6 is 0 Å². The number of H-pyrrole nitrogens is 1. The number of benzene rings is 1. The second kappa shape index (κ2) is 4.51. The molecule has 0 spiro atoms. The zero-order chi connectivity index (χ0) is 12.4. The molecule has 0 aliphatic carbocycles. The molecule has 0 bridgehead atoms. The van der Waals surface area contributed by atoms with Crippen molar-refractivity contribution in [1.82, 2.24) is 10.2 Å². The van der Waals surface area contributed by atoms with Crippen LogP contribution in [0.2, 0.25) is 0 Å². The van der Waals surface area contributed by atoms with E-state index in [4.69, 9.17) is 5.73 Å². The highest BCUT2D eigenvalue weighted by Gasteiger charge is 2.09. The van der Waals surface area contributed by atoms with Crippen LogP contribution in [0, 0.1) is 13.8 Å². The summed E-state index contributed by atoms with van der Waals surface area (Å²) in [5, 5.41) is 6.56. The molecule has 4 heteroatoms. The van der Waals surface area contributed by atoms with E-state index in [2.05, 4.69) is 16.3 Å². The van der Waals surface area contributed by atoms with Crippen molar-refractivity contribution < 1.29 is 0 Å². The summed E-state index contributed by atoms with van der Waals surface area (Å²) in [6, 6.07) is 7.64. The summed E-state index contributed by atoms with van der Waals surface area (Å²) in [6.07, 6.45) is 0. The normalized spacial score (nSPS) is 10.5. The van der Waals surface area contributed by atoms with Gasteiger partial charge in [-0.15, -0.1) is 0 Å². The Kier molecular flexibility index (Phi) is 3.06. The number of aromatic amines is 1. The predicted molar refractivity (Wildman–Crippen MR) is 67.7 cm³/mol. The maximum absolute atomic E-state index is 11.2. The average molecular weight is 229 g/mol. The lowest BCUT2D eigenvalue weighted by Crippen LogP contribution is -2.13. The number of nitrogens with two attached hydrogens (primary N) is 1. The molecule has 0 radical (unpaired) electrons. The first-order valence-electron chi connectivity index (χ1n) is 5.48. The Morgan fingerprint density at radius 2 is 2.06 bits per heavy atom. The van der Waals surface area contributed by atoms with Crippen molar-refractivity contribution in [2.75, 3.05) is 0 Å². The van der Waals surface area contributed by atoms with Crippen molar-refractivity contribution in [3.63, 3.8) is 0 Å². The van der Waals surface area contributed by atoms with Crippen LogP contribution in [0.4, 0.5) is 0 Å². The lowest BCUT2D eigenvalue weighted by molar-refractivity contribution is 0.943. The van der Waals surface area contributed by atoms with Gasteiger partial charge in [-0.3, -0.25) is 4.79 Å². The Morgan fingerprint density at radius 1 is 1.29 bits per heavy atom. The fourth-order valence-corrected chi connectivity index (χ4v) is 1.82. The SMILES string of the molecule is Cc1ccc(C)c(-c2n[nH]c(=O)cc2CN)c1. The van der Waals surface area contributed by atoms with Crippen molar-refractivity contribution in [3.05, 3.63) is 51.3 Å². The second-order valence-electron chi connectivity index (χ2n) is 4.13. The number of rotatable bonds is 2. The van der Waals surface area contributed by atoms with Gasteiger partial charge in [-0.05, 0) is 31.0 Å². The fraction of sp³-hybridized carbons (Fsp3) is 0.231. The molecule has 0 fully saturated rings. The molecule has 2 aromatic rings. The van der Waals surface area contributed by atoms with Crippen molar-refractivity contribution in [2.45, 2.75) is 20.4 Å². The maximum Gasteiger partial charge on any atom is 0.264 e. The van der Waals surface area contributed by atoms with Crippen LogP contribution in [-0.4, -0.2) is 10.2 Å². The van der Waals surface area contributed by atoms with Crippen LogP contribution in [0.25, 0.3) is 11.3 Å². The number of hydrogen-bond donors (Lipinski definition) is 2. The van der Waals surface area contributed by atoms with E-state index >= 15 is 0 Å². The quantitative estimate of drug-likeness (QED) is 0.820. The van der Waals surface area contributed by atoms with E-state index in [1.807, 2.05) is 26.0 Å². The molecule has 0 atom stereocenters. The van der Waals surface area contributed by atoms with Gasteiger partial charge in [0.1, 0.15) is 0 Å². The average Bonchev–Trinajstić information content (AvgIpc) is 2.32. The molecular formula is C13H15N3O. The zero-order valence-corrected chi connectivity index (χ0v) is 9.95. The Morgan fingerprint density at radius 3 is 2.76 bits per heavy atom. The molecule has 17 heavy (non-hydrogen) atoms. The van der Waals surface area contributed by atoms with E-state index in [9.17, 15) is 4.79 Å².